The van der Waals surface area contributed by atoms with Crippen molar-refractivity contribution in [2.45, 2.75) is 6.42 Å². The lowest BCUT2D eigenvalue weighted by atomic mass is 10.1. The van der Waals surface area contributed by atoms with Crippen molar-refractivity contribution in [2.75, 3.05) is 12.3 Å². The number of nitrogens with zero attached hydrogens (tertiary/aromatic N) is 4. The summed E-state index contributed by atoms with van der Waals surface area (Å²) >= 11 is 0. The van der Waals surface area contributed by atoms with Crippen LogP contribution in [0.5, 0.6) is 5.75 Å². The maximum Gasteiger partial charge on any atom is 0.257 e. The van der Waals surface area contributed by atoms with Crippen LogP contribution < -0.4 is 11.1 Å². The minimum absolute atomic E-state index is 0.124. The van der Waals surface area contributed by atoms with Crippen molar-refractivity contribution in [1.82, 2.24) is 20.0 Å². The molecule has 168 valence electrons. The summed E-state index contributed by atoms with van der Waals surface area (Å²) in [6.07, 6.45) is 2.23. The number of aromatic nitrogens is 3. The van der Waals surface area contributed by atoms with Gasteiger partial charge in [0, 0.05) is 6.54 Å². The zero-order valence-electron chi connectivity index (χ0n) is 18.2. The van der Waals surface area contributed by atoms with E-state index in [2.05, 4.69) is 20.4 Å². The van der Waals surface area contributed by atoms with E-state index in [-0.39, 0.29) is 23.0 Å². The van der Waals surface area contributed by atoms with Gasteiger partial charge in [-0.05, 0) is 41.8 Å². The van der Waals surface area contributed by atoms with Gasteiger partial charge in [0.05, 0.1) is 17.2 Å². The van der Waals surface area contributed by atoms with Crippen molar-refractivity contribution in [3.8, 4) is 5.75 Å². The van der Waals surface area contributed by atoms with E-state index in [0.29, 0.717) is 40.7 Å². The zero-order chi connectivity index (χ0) is 23.5. The number of phenolic OH excluding ortho intramolecular Hbond substituents is 1. The fourth-order valence-corrected chi connectivity index (χ4v) is 3.77. The maximum atomic E-state index is 13.2. The van der Waals surface area contributed by atoms with Crippen molar-refractivity contribution in [2.24, 2.45) is 5.10 Å². The van der Waals surface area contributed by atoms with Crippen molar-refractivity contribution in [1.29, 1.82) is 0 Å². The van der Waals surface area contributed by atoms with Crippen LogP contribution in [0.15, 0.2) is 84.0 Å². The Morgan fingerprint density at radius 1 is 1.00 bits per heavy atom. The van der Waals surface area contributed by atoms with Gasteiger partial charge in [0.25, 0.3) is 5.91 Å². The summed E-state index contributed by atoms with van der Waals surface area (Å²) in [7, 11) is 0. The standard InChI is InChI=1S/C26H22N6O2/c27-24-22(26(34)28-14-13-17-7-2-1-3-8-17)23-25(31-21-12-5-4-11-20(21)30-23)32(24)29-16-18-9-6-10-19(33)15-18/h1-12,15-16,33H,13-14,27H2,(H,28,34)/b29-16-. The number of aromatic hydroxyl groups is 1. The molecule has 2 aromatic heterocycles. The van der Waals surface area contributed by atoms with Crippen LogP contribution in [0.25, 0.3) is 22.2 Å². The Morgan fingerprint density at radius 3 is 2.50 bits per heavy atom. The number of para-hydroxylation sites is 2. The number of hydrogen-bond acceptors (Lipinski definition) is 6. The summed E-state index contributed by atoms with van der Waals surface area (Å²) in [6.45, 7) is 0.447. The van der Waals surface area contributed by atoms with Crippen molar-refractivity contribution >= 4 is 40.1 Å². The molecule has 5 rings (SSSR count). The van der Waals surface area contributed by atoms with Gasteiger partial charge >= 0.3 is 0 Å². The van der Waals surface area contributed by atoms with Crippen molar-refractivity contribution < 1.29 is 9.90 Å². The molecular formula is C26H22N6O2. The summed E-state index contributed by atoms with van der Waals surface area (Å²) in [6, 6.07) is 24.0. The molecule has 0 aliphatic carbocycles. The predicted octanol–water partition coefficient (Wildman–Crippen LogP) is 3.73. The number of hydrogen-bond donors (Lipinski definition) is 3. The molecule has 0 unspecified atom stereocenters. The molecule has 0 saturated heterocycles. The van der Waals surface area contributed by atoms with Crippen LogP contribution in [0.1, 0.15) is 21.5 Å². The SMILES string of the molecule is Nc1c(C(=O)NCCc2ccccc2)c2nc3ccccc3nc2n1/N=C\c1cccc(O)c1. The third-order valence-corrected chi connectivity index (χ3v) is 5.44. The first-order valence-corrected chi connectivity index (χ1v) is 10.8. The number of phenols is 1. The molecule has 3 aromatic carbocycles. The number of carbonyl (C=O) groups is 1. The van der Waals surface area contributed by atoms with Crippen LogP contribution in [-0.2, 0) is 6.42 Å². The van der Waals surface area contributed by atoms with Gasteiger partial charge < -0.3 is 16.2 Å². The van der Waals surface area contributed by atoms with Crippen LogP contribution in [0.3, 0.4) is 0 Å². The average Bonchev–Trinajstić information content (AvgIpc) is 3.12. The van der Waals surface area contributed by atoms with Gasteiger partial charge in [0.1, 0.15) is 22.6 Å². The van der Waals surface area contributed by atoms with Crippen LogP contribution in [0.4, 0.5) is 5.82 Å². The summed E-state index contributed by atoms with van der Waals surface area (Å²) in [5.74, 6) is -0.0770. The van der Waals surface area contributed by atoms with Gasteiger partial charge in [-0.25, -0.2) is 9.97 Å². The number of nitrogen functional groups attached to an aromatic ring is 1. The number of rotatable bonds is 6. The van der Waals surface area contributed by atoms with Gasteiger partial charge in [-0.15, -0.1) is 0 Å². The second-order valence-corrected chi connectivity index (χ2v) is 7.79. The molecule has 34 heavy (non-hydrogen) atoms. The quantitative estimate of drug-likeness (QED) is 0.341. The van der Waals surface area contributed by atoms with E-state index >= 15 is 0 Å². The van der Waals surface area contributed by atoms with E-state index in [0.717, 1.165) is 5.56 Å². The van der Waals surface area contributed by atoms with Gasteiger partial charge in [0.2, 0.25) is 0 Å². The Hall–Kier alpha value is -4.72. The number of carbonyl (C=O) groups excluding carboxylic acids is 1. The highest BCUT2D eigenvalue weighted by Crippen LogP contribution is 2.28. The molecule has 8 nitrogen and oxygen atoms in total. The van der Waals surface area contributed by atoms with E-state index in [1.54, 1.807) is 30.5 Å². The van der Waals surface area contributed by atoms with Crippen molar-refractivity contribution in [3.63, 3.8) is 0 Å². The second-order valence-electron chi connectivity index (χ2n) is 7.79. The largest absolute Gasteiger partial charge is 0.508 e. The van der Waals surface area contributed by atoms with E-state index < -0.39 is 0 Å². The summed E-state index contributed by atoms with van der Waals surface area (Å²) in [5.41, 5.74) is 10.5. The highest BCUT2D eigenvalue weighted by molar-refractivity contribution is 6.10. The molecule has 8 heteroatoms. The highest BCUT2D eigenvalue weighted by Gasteiger charge is 2.23. The van der Waals surface area contributed by atoms with E-state index in [9.17, 15) is 9.90 Å². The van der Waals surface area contributed by atoms with Crippen LogP contribution in [-0.4, -0.2) is 38.4 Å². The molecule has 0 fully saturated rings. The second kappa shape index (κ2) is 9.03. The minimum atomic E-state index is -0.339. The predicted molar refractivity (Wildman–Crippen MR) is 133 cm³/mol. The van der Waals surface area contributed by atoms with Crippen molar-refractivity contribution in [3.05, 3.63) is 95.6 Å². The fourth-order valence-electron chi connectivity index (χ4n) is 3.77. The third-order valence-electron chi connectivity index (χ3n) is 5.44. The van der Waals surface area contributed by atoms with Gasteiger partial charge in [0.15, 0.2) is 5.65 Å². The molecule has 4 N–H and O–H groups in total. The highest BCUT2D eigenvalue weighted by atomic mass is 16.3. The number of anilines is 1. The zero-order valence-corrected chi connectivity index (χ0v) is 18.2. The molecule has 2 heterocycles. The van der Waals surface area contributed by atoms with Gasteiger partial charge in [-0.3, -0.25) is 4.79 Å². The fraction of sp³-hybridized carbons (Fsp3) is 0.0769. The molecule has 0 spiro atoms. The van der Waals surface area contributed by atoms with Crippen LogP contribution in [0.2, 0.25) is 0 Å². The smallest absolute Gasteiger partial charge is 0.257 e. The number of benzene rings is 3. The first-order valence-electron chi connectivity index (χ1n) is 10.8. The number of amides is 1. The monoisotopic (exact) mass is 450 g/mol. The molecule has 0 aliphatic heterocycles. The van der Waals surface area contributed by atoms with E-state index in [1.165, 1.54) is 4.68 Å². The third kappa shape index (κ3) is 4.16. The number of nitrogens with two attached hydrogens (primary N) is 1. The van der Waals surface area contributed by atoms with E-state index in [4.69, 9.17) is 5.73 Å². The normalized spacial score (nSPS) is 11.4. The number of fused-ring (bicyclic) bond motifs is 2. The van der Waals surface area contributed by atoms with Crippen LogP contribution in [0, 0.1) is 0 Å². The molecule has 0 aliphatic rings. The molecule has 0 saturated carbocycles. The topological polar surface area (TPSA) is 118 Å². The Labute approximate surface area is 195 Å². The summed E-state index contributed by atoms with van der Waals surface area (Å²) in [5, 5.41) is 17.1. The summed E-state index contributed by atoms with van der Waals surface area (Å²) < 4.78 is 1.41. The first-order chi connectivity index (χ1) is 16.6. The Kier molecular flexibility index (Phi) is 5.61. The number of nitrogens with one attached hydrogen (secondary N) is 1. The van der Waals surface area contributed by atoms with Gasteiger partial charge in [-0.1, -0.05) is 54.6 Å². The Morgan fingerprint density at radius 2 is 1.74 bits per heavy atom. The molecule has 0 atom stereocenters. The van der Waals surface area contributed by atoms with Crippen LogP contribution >= 0.6 is 0 Å². The molecule has 0 bridgehead atoms. The summed E-state index contributed by atoms with van der Waals surface area (Å²) in [4.78, 5) is 22.5. The lowest BCUT2D eigenvalue weighted by Gasteiger charge is -2.05. The maximum absolute atomic E-state index is 13.2. The molecular weight excluding hydrogens is 428 g/mol. The first kappa shape index (κ1) is 21.1. The average molecular weight is 451 g/mol. The van der Waals surface area contributed by atoms with E-state index in [1.807, 2.05) is 54.6 Å². The minimum Gasteiger partial charge on any atom is -0.508 e. The molecule has 0 radical (unpaired) electrons. The lowest BCUT2D eigenvalue weighted by Crippen LogP contribution is -2.26. The molecule has 5 aromatic rings. The Bertz CT molecular complexity index is 1530. The lowest BCUT2D eigenvalue weighted by molar-refractivity contribution is 0.0956. The van der Waals surface area contributed by atoms with Gasteiger partial charge in [-0.2, -0.15) is 9.78 Å². The Balaban J connectivity index is 1.54. The molecule has 1 amide bonds.